The summed E-state index contributed by atoms with van der Waals surface area (Å²) in [5, 5.41) is 2.83. The maximum Gasteiger partial charge on any atom is 0.264 e. The van der Waals surface area contributed by atoms with Crippen molar-refractivity contribution in [2.24, 2.45) is 0 Å². The fourth-order valence-electron chi connectivity index (χ4n) is 4.29. The van der Waals surface area contributed by atoms with Crippen LogP contribution in [0.1, 0.15) is 33.3 Å². The van der Waals surface area contributed by atoms with E-state index in [-0.39, 0.29) is 29.5 Å². The lowest BCUT2D eigenvalue weighted by molar-refractivity contribution is -0.140. The third kappa shape index (κ3) is 7.35. The van der Waals surface area contributed by atoms with Gasteiger partial charge in [0.05, 0.1) is 10.6 Å². The van der Waals surface area contributed by atoms with Crippen molar-refractivity contribution in [1.82, 2.24) is 10.2 Å². The number of carbonyl (C=O) groups is 2. The van der Waals surface area contributed by atoms with E-state index in [1.54, 1.807) is 20.8 Å². The van der Waals surface area contributed by atoms with E-state index in [1.807, 2.05) is 0 Å². The van der Waals surface area contributed by atoms with Gasteiger partial charge in [0.25, 0.3) is 10.0 Å². The van der Waals surface area contributed by atoms with Crippen LogP contribution >= 0.6 is 0 Å². The van der Waals surface area contributed by atoms with E-state index in [0.29, 0.717) is 17.9 Å². The Bertz CT molecular complexity index is 1540. The zero-order chi connectivity index (χ0) is 30.7. The third-order valence-corrected chi connectivity index (χ3v) is 8.20. The maximum absolute atomic E-state index is 14.0. The number of halogens is 2. The Morgan fingerprint density at radius 3 is 2.07 bits per heavy atom. The summed E-state index contributed by atoms with van der Waals surface area (Å²) in [5.41, 5.74) is -0.0335. The molecule has 1 aliphatic rings. The standard InChI is InChI=1S/C30H33F2N3O6S/c1-20(29(37)33-30(2,3)4)34(18-21-5-7-22(31)8-6-21)28(36)19-35(24-11-9-23(32)10-12-24)42(38,39)25-13-14-26-27(17-25)41-16-15-40-26/h5-14,17,20H,15-16,18-19H2,1-4H3,(H,33,37). The fourth-order valence-corrected chi connectivity index (χ4v) is 5.72. The SMILES string of the molecule is CC(C(=O)NC(C)(C)C)N(Cc1ccc(F)cc1)C(=O)CN(c1ccc(F)cc1)S(=O)(=O)c1ccc2c(c1)OCCO2. The molecule has 1 aliphatic heterocycles. The first-order valence-electron chi connectivity index (χ1n) is 13.3. The molecule has 0 radical (unpaired) electrons. The molecule has 224 valence electrons. The molecule has 1 N–H and O–H groups in total. The topological polar surface area (TPSA) is 105 Å². The molecule has 1 atom stereocenters. The summed E-state index contributed by atoms with van der Waals surface area (Å²) in [6, 6.07) is 13.2. The number of hydrogen-bond acceptors (Lipinski definition) is 6. The molecule has 2 amide bonds. The molecule has 0 spiro atoms. The van der Waals surface area contributed by atoms with Crippen molar-refractivity contribution in [2.45, 2.75) is 50.7 Å². The number of fused-ring (bicyclic) bond motifs is 1. The summed E-state index contributed by atoms with van der Waals surface area (Å²) in [7, 11) is -4.40. The highest BCUT2D eigenvalue weighted by Gasteiger charge is 2.34. The number of rotatable bonds is 9. The number of amides is 2. The number of carbonyl (C=O) groups excluding carboxylic acids is 2. The van der Waals surface area contributed by atoms with E-state index in [9.17, 15) is 26.8 Å². The number of anilines is 1. The lowest BCUT2D eigenvalue weighted by Gasteiger charge is -2.33. The van der Waals surface area contributed by atoms with Crippen LogP contribution in [0.4, 0.5) is 14.5 Å². The van der Waals surface area contributed by atoms with Gasteiger partial charge in [-0.15, -0.1) is 0 Å². The largest absolute Gasteiger partial charge is 0.486 e. The molecule has 9 nitrogen and oxygen atoms in total. The zero-order valence-electron chi connectivity index (χ0n) is 23.8. The van der Waals surface area contributed by atoms with Gasteiger partial charge in [0.2, 0.25) is 11.8 Å². The quantitative estimate of drug-likeness (QED) is 0.393. The molecule has 1 heterocycles. The molecule has 0 fully saturated rings. The Balaban J connectivity index is 1.72. The molecule has 0 saturated carbocycles. The van der Waals surface area contributed by atoms with E-state index in [4.69, 9.17) is 9.47 Å². The van der Waals surface area contributed by atoms with E-state index in [1.165, 1.54) is 66.4 Å². The second-order valence-corrected chi connectivity index (χ2v) is 12.7. The number of benzene rings is 3. The molecule has 0 aliphatic carbocycles. The zero-order valence-corrected chi connectivity index (χ0v) is 24.6. The summed E-state index contributed by atoms with van der Waals surface area (Å²) in [4.78, 5) is 28.1. The molecule has 3 aromatic rings. The predicted octanol–water partition coefficient (Wildman–Crippen LogP) is 4.26. The smallest absolute Gasteiger partial charge is 0.264 e. The third-order valence-electron chi connectivity index (χ3n) is 6.43. The van der Waals surface area contributed by atoms with Crippen LogP contribution in [0.25, 0.3) is 0 Å². The fraction of sp³-hybridized carbons (Fsp3) is 0.333. The lowest BCUT2D eigenvalue weighted by Crippen LogP contribution is -2.54. The van der Waals surface area contributed by atoms with Gasteiger partial charge in [-0.1, -0.05) is 12.1 Å². The summed E-state index contributed by atoms with van der Waals surface area (Å²) in [6.07, 6.45) is 0. The monoisotopic (exact) mass is 601 g/mol. The summed E-state index contributed by atoms with van der Waals surface area (Å²) >= 11 is 0. The van der Waals surface area contributed by atoms with E-state index < -0.39 is 51.6 Å². The first kappa shape index (κ1) is 30.8. The Morgan fingerprint density at radius 1 is 0.905 bits per heavy atom. The molecular weight excluding hydrogens is 568 g/mol. The highest BCUT2D eigenvalue weighted by molar-refractivity contribution is 7.92. The van der Waals surface area contributed by atoms with Crippen LogP contribution in [-0.2, 0) is 26.2 Å². The van der Waals surface area contributed by atoms with Gasteiger partial charge in [0, 0.05) is 18.2 Å². The Kier molecular flexibility index (Phi) is 9.05. The van der Waals surface area contributed by atoms with Crippen molar-refractivity contribution in [2.75, 3.05) is 24.1 Å². The van der Waals surface area contributed by atoms with Crippen LogP contribution in [0, 0.1) is 11.6 Å². The molecular formula is C30H33F2N3O6S. The van der Waals surface area contributed by atoms with Crippen LogP contribution in [0.3, 0.4) is 0 Å². The van der Waals surface area contributed by atoms with Gasteiger partial charge in [0.1, 0.15) is 37.4 Å². The minimum atomic E-state index is -4.40. The average molecular weight is 602 g/mol. The Hall–Kier alpha value is -4.19. The lowest BCUT2D eigenvalue weighted by atomic mass is 10.1. The van der Waals surface area contributed by atoms with Crippen LogP contribution in [-0.4, -0.2) is 56.5 Å². The number of nitrogens with one attached hydrogen (secondary N) is 1. The van der Waals surface area contributed by atoms with Crippen molar-refractivity contribution in [1.29, 1.82) is 0 Å². The predicted molar refractivity (Wildman–Crippen MR) is 153 cm³/mol. The van der Waals surface area contributed by atoms with Gasteiger partial charge in [-0.05, 0) is 81.8 Å². The number of ether oxygens (including phenoxy) is 2. The minimum Gasteiger partial charge on any atom is -0.486 e. The highest BCUT2D eigenvalue weighted by Crippen LogP contribution is 2.34. The summed E-state index contributed by atoms with van der Waals surface area (Å²) < 4.78 is 67.3. The number of nitrogens with zero attached hydrogens (tertiary/aromatic N) is 2. The normalized spacial score (nSPS) is 13.7. The van der Waals surface area contributed by atoms with Crippen molar-refractivity contribution in [3.05, 3.63) is 83.9 Å². The van der Waals surface area contributed by atoms with Crippen molar-refractivity contribution in [3.8, 4) is 11.5 Å². The van der Waals surface area contributed by atoms with Gasteiger partial charge < -0.3 is 19.7 Å². The molecule has 3 aromatic carbocycles. The van der Waals surface area contributed by atoms with Gasteiger partial charge in [-0.25, -0.2) is 17.2 Å². The molecule has 0 aromatic heterocycles. The van der Waals surface area contributed by atoms with Gasteiger partial charge in [-0.3, -0.25) is 13.9 Å². The minimum absolute atomic E-state index is 0.0353. The van der Waals surface area contributed by atoms with E-state index in [2.05, 4.69) is 5.32 Å². The van der Waals surface area contributed by atoms with Crippen LogP contribution < -0.4 is 19.1 Å². The van der Waals surface area contributed by atoms with E-state index >= 15 is 0 Å². The Morgan fingerprint density at radius 2 is 1.48 bits per heavy atom. The second kappa shape index (κ2) is 12.4. The molecule has 4 rings (SSSR count). The summed E-state index contributed by atoms with van der Waals surface area (Å²) in [6.45, 7) is 6.65. The molecule has 1 unspecified atom stereocenters. The van der Waals surface area contributed by atoms with Gasteiger partial charge >= 0.3 is 0 Å². The first-order chi connectivity index (χ1) is 19.7. The molecule has 42 heavy (non-hydrogen) atoms. The van der Waals surface area contributed by atoms with Crippen LogP contribution in [0.2, 0.25) is 0 Å². The van der Waals surface area contributed by atoms with Crippen molar-refractivity contribution in [3.63, 3.8) is 0 Å². The van der Waals surface area contributed by atoms with Crippen molar-refractivity contribution >= 4 is 27.5 Å². The van der Waals surface area contributed by atoms with Gasteiger partial charge in [-0.2, -0.15) is 0 Å². The second-order valence-electron chi connectivity index (χ2n) is 10.9. The Labute approximate surface area is 244 Å². The maximum atomic E-state index is 14.0. The average Bonchev–Trinajstić information content (AvgIpc) is 2.94. The van der Waals surface area contributed by atoms with E-state index in [0.717, 1.165) is 16.4 Å². The highest BCUT2D eigenvalue weighted by atomic mass is 32.2. The summed E-state index contributed by atoms with van der Waals surface area (Å²) in [5.74, 6) is -1.61. The van der Waals surface area contributed by atoms with Gasteiger partial charge in [0.15, 0.2) is 11.5 Å². The van der Waals surface area contributed by atoms with Crippen LogP contribution in [0.15, 0.2) is 71.6 Å². The van der Waals surface area contributed by atoms with Crippen LogP contribution in [0.5, 0.6) is 11.5 Å². The molecule has 0 bridgehead atoms. The first-order valence-corrected chi connectivity index (χ1v) is 14.7. The molecule has 12 heteroatoms. The van der Waals surface area contributed by atoms with Crippen molar-refractivity contribution < 1.29 is 36.3 Å². The molecule has 0 saturated heterocycles. The number of hydrogen-bond donors (Lipinski definition) is 1. The number of sulfonamides is 1.